The van der Waals surface area contributed by atoms with Crippen molar-refractivity contribution in [3.63, 3.8) is 0 Å². The summed E-state index contributed by atoms with van der Waals surface area (Å²) in [6.45, 7) is 36.5. The van der Waals surface area contributed by atoms with Crippen LogP contribution in [-0.2, 0) is 48.1 Å². The summed E-state index contributed by atoms with van der Waals surface area (Å²) in [5.41, 5.74) is 15.4. The molecule has 75 heavy (non-hydrogen) atoms. The van der Waals surface area contributed by atoms with E-state index in [4.69, 9.17) is 9.72 Å². The first kappa shape index (κ1) is 53.3. The number of rotatable bonds is 7. The van der Waals surface area contributed by atoms with E-state index in [1.807, 2.05) is 24.4 Å². The summed E-state index contributed by atoms with van der Waals surface area (Å²) in [5, 5.41) is 2.19. The molecule has 1 aliphatic heterocycles. The van der Waals surface area contributed by atoms with E-state index < -0.39 is 0 Å². The number of para-hydroxylation sites is 4. The molecule has 0 spiro atoms. The maximum atomic E-state index is 14.5. The van der Waals surface area contributed by atoms with Gasteiger partial charge in [0.15, 0.2) is 0 Å². The summed E-state index contributed by atoms with van der Waals surface area (Å²) >= 11 is 0. The average Bonchev–Trinajstić information content (AvgIpc) is 3.88. The molecular weight excluding hydrogens is 1100 g/mol. The number of fused-ring (bicyclic) bond motifs is 4. The quantitative estimate of drug-likeness (QED) is 0.149. The van der Waals surface area contributed by atoms with Gasteiger partial charge in [0.2, 0.25) is 0 Å². The molecule has 0 unspecified atom stereocenters. The largest absolute Gasteiger partial charge is 0.509 e. The zero-order valence-corrected chi connectivity index (χ0v) is 48.6. The van der Waals surface area contributed by atoms with Gasteiger partial charge in [-0.15, -0.1) is 53.6 Å². The molecule has 388 valence electrons. The molecule has 10 rings (SSSR count). The molecule has 5 nitrogen and oxygen atoms in total. The van der Waals surface area contributed by atoms with E-state index in [1.54, 1.807) is 12.1 Å². The number of pyridine rings is 1. The summed E-state index contributed by atoms with van der Waals surface area (Å²) in [6, 6.07) is 55.7. The maximum Gasteiger partial charge on any atom is 0.135 e. The number of ether oxygens (including phenoxy) is 1. The van der Waals surface area contributed by atoms with Crippen LogP contribution in [0.15, 0.2) is 146 Å². The molecule has 0 atom stereocenters. The predicted octanol–water partition coefficient (Wildman–Crippen LogP) is 18.9. The topological polar surface area (TPSA) is 33.5 Å². The Labute approximate surface area is 460 Å². The van der Waals surface area contributed by atoms with Gasteiger partial charge in [0.25, 0.3) is 0 Å². The van der Waals surface area contributed by atoms with Gasteiger partial charge in [-0.1, -0.05) is 182 Å². The normalized spacial score (nSPS) is 13.4. The van der Waals surface area contributed by atoms with Gasteiger partial charge in [-0.05, 0) is 114 Å². The van der Waals surface area contributed by atoms with Crippen LogP contribution in [0.25, 0.3) is 49.9 Å². The standard InChI is InChI=1S/C68H70FN4O.Pt/c1-64(2,3)45-33-34-70-61(39-45)73-57-24-17-16-21-52(57)53-32-31-49(41-60(53)73)74-50-36-44(62-55(67(10,11)12)37-46(65(4,5)6)38-56(62)68(13,14)15)35-48(40-50)71-42-72(59-26-19-18-25-58(59)71)63-51(43-27-29-47(69)30-28-43)22-20-23-54(63)66(7,8)9;/h16-39,42H,1-15H3;/q-3;. The number of anilines is 4. The van der Waals surface area contributed by atoms with Crippen LogP contribution < -0.4 is 14.5 Å². The van der Waals surface area contributed by atoms with E-state index in [2.05, 4.69) is 246 Å². The molecule has 9 aromatic rings. The predicted molar refractivity (Wildman–Crippen MR) is 309 cm³/mol. The van der Waals surface area contributed by atoms with E-state index in [1.165, 1.54) is 33.4 Å². The molecule has 0 aliphatic carbocycles. The van der Waals surface area contributed by atoms with Gasteiger partial charge in [0.05, 0.1) is 0 Å². The molecule has 0 bridgehead atoms. The molecule has 0 fully saturated rings. The second kappa shape index (κ2) is 19.3. The molecule has 7 aromatic carbocycles. The molecule has 0 amide bonds. The Kier molecular flexibility index (Phi) is 13.7. The van der Waals surface area contributed by atoms with Crippen molar-refractivity contribution in [3.8, 4) is 39.6 Å². The van der Waals surface area contributed by atoms with Crippen molar-refractivity contribution in [2.24, 2.45) is 0 Å². The minimum Gasteiger partial charge on any atom is -0.509 e. The Bertz CT molecular complexity index is 3570. The molecule has 0 N–H and O–H groups in total. The van der Waals surface area contributed by atoms with Crippen molar-refractivity contribution in [2.75, 3.05) is 9.80 Å². The zero-order chi connectivity index (χ0) is 52.9. The third kappa shape index (κ3) is 10.2. The SMILES string of the molecule is CC(C)(C)c1ccnc(-n2c3[c-]c(Oc4[c-]c(N5[CH-]N(c6c(-c7ccc(F)cc7)cccc6C(C)(C)C)c6ccccc65)cc(-c5c(C(C)(C)C)cc(C(C)(C)C)cc5C(C)(C)C)c4)ccc3c3ccccc32)c1.[Pt]. The number of halogens is 1. The third-order valence-electron chi connectivity index (χ3n) is 14.5. The molecule has 0 saturated carbocycles. The molecule has 1 aliphatic rings. The van der Waals surface area contributed by atoms with Crippen molar-refractivity contribution in [3.05, 3.63) is 198 Å². The average molecular weight is 1170 g/mol. The second-order valence-corrected chi connectivity index (χ2v) is 25.3. The fourth-order valence-corrected chi connectivity index (χ4v) is 10.5. The van der Waals surface area contributed by atoms with Crippen LogP contribution in [0.4, 0.5) is 27.1 Å². The van der Waals surface area contributed by atoms with E-state index in [0.717, 1.165) is 67.1 Å². The first-order chi connectivity index (χ1) is 34.8. The van der Waals surface area contributed by atoms with Gasteiger partial charge < -0.3 is 19.1 Å². The van der Waals surface area contributed by atoms with Gasteiger partial charge in [0, 0.05) is 66.9 Å². The Morgan fingerprint density at radius 3 is 1.75 bits per heavy atom. The second-order valence-electron chi connectivity index (χ2n) is 25.3. The van der Waals surface area contributed by atoms with Crippen molar-refractivity contribution in [1.29, 1.82) is 0 Å². The number of benzene rings is 7. The van der Waals surface area contributed by atoms with E-state index in [0.29, 0.717) is 11.5 Å². The first-order valence-corrected chi connectivity index (χ1v) is 26.1. The van der Waals surface area contributed by atoms with Gasteiger partial charge in [-0.2, -0.15) is 6.07 Å². The van der Waals surface area contributed by atoms with Crippen molar-refractivity contribution < 1.29 is 30.2 Å². The first-order valence-electron chi connectivity index (χ1n) is 26.1. The summed E-state index contributed by atoms with van der Waals surface area (Å²) in [5.74, 6) is 1.70. The summed E-state index contributed by atoms with van der Waals surface area (Å²) in [4.78, 5) is 9.50. The summed E-state index contributed by atoms with van der Waals surface area (Å²) in [6.07, 6.45) is 1.91. The smallest absolute Gasteiger partial charge is 0.135 e. The molecule has 2 aromatic heterocycles. The van der Waals surface area contributed by atoms with E-state index in [9.17, 15) is 4.39 Å². The van der Waals surface area contributed by atoms with Crippen LogP contribution >= 0.6 is 0 Å². The maximum absolute atomic E-state index is 14.5. The van der Waals surface area contributed by atoms with Crippen LogP contribution in [0.1, 0.15) is 132 Å². The van der Waals surface area contributed by atoms with Crippen LogP contribution in [0.5, 0.6) is 11.5 Å². The monoisotopic (exact) mass is 1170 g/mol. The number of aromatic nitrogens is 2. The number of hydrogen-bond donors (Lipinski definition) is 0. The van der Waals surface area contributed by atoms with Gasteiger partial charge in [-0.25, -0.2) is 9.37 Å². The van der Waals surface area contributed by atoms with E-state index in [-0.39, 0.29) is 54.0 Å². The molecule has 0 radical (unpaired) electrons. The van der Waals surface area contributed by atoms with Crippen molar-refractivity contribution in [1.82, 2.24) is 9.55 Å². The minimum absolute atomic E-state index is 0. The third-order valence-corrected chi connectivity index (χ3v) is 14.5. The molecule has 7 heteroatoms. The van der Waals surface area contributed by atoms with Gasteiger partial charge in [-0.3, -0.25) is 0 Å². The van der Waals surface area contributed by atoms with Crippen LogP contribution in [-0.4, -0.2) is 9.55 Å². The molecule has 0 saturated heterocycles. The molecule has 3 heterocycles. The Hall–Kier alpha value is -6.49. The fourth-order valence-electron chi connectivity index (χ4n) is 10.5. The van der Waals surface area contributed by atoms with Gasteiger partial charge in [0.1, 0.15) is 11.6 Å². The number of hydrogen-bond acceptors (Lipinski definition) is 4. The Morgan fingerprint density at radius 2 is 1.12 bits per heavy atom. The Morgan fingerprint density at radius 1 is 0.507 bits per heavy atom. The van der Waals surface area contributed by atoms with Crippen molar-refractivity contribution >= 4 is 44.6 Å². The van der Waals surface area contributed by atoms with Gasteiger partial charge >= 0.3 is 0 Å². The van der Waals surface area contributed by atoms with Crippen LogP contribution in [0.3, 0.4) is 0 Å². The fraction of sp³-hybridized carbons (Fsp3) is 0.294. The minimum atomic E-state index is -0.264. The summed E-state index contributed by atoms with van der Waals surface area (Å²) in [7, 11) is 0. The van der Waals surface area contributed by atoms with E-state index >= 15 is 0 Å². The molecular formula is C68H70FN4OPt-3. The van der Waals surface area contributed by atoms with Crippen molar-refractivity contribution in [2.45, 2.75) is 131 Å². The van der Waals surface area contributed by atoms with Crippen LogP contribution in [0, 0.1) is 24.6 Å². The summed E-state index contributed by atoms with van der Waals surface area (Å²) < 4.78 is 23.9. The Balaban J connectivity index is 0.00000689. The zero-order valence-electron chi connectivity index (χ0n) is 46.3. The number of nitrogens with zero attached hydrogens (tertiary/aromatic N) is 4. The van der Waals surface area contributed by atoms with Crippen LogP contribution in [0.2, 0.25) is 0 Å².